The van der Waals surface area contributed by atoms with Crippen LogP contribution < -0.4 is 11.1 Å². The van der Waals surface area contributed by atoms with Gasteiger partial charge in [0.25, 0.3) is 0 Å². The number of thioether (sulfide) groups is 1. The zero-order valence-electron chi connectivity index (χ0n) is 11.3. The van der Waals surface area contributed by atoms with Crippen LogP contribution in [0.3, 0.4) is 0 Å². The van der Waals surface area contributed by atoms with Crippen LogP contribution in [-0.2, 0) is 4.79 Å². The summed E-state index contributed by atoms with van der Waals surface area (Å²) in [6, 6.07) is 0.339. The van der Waals surface area contributed by atoms with Gasteiger partial charge in [-0.25, -0.2) is 0 Å². The summed E-state index contributed by atoms with van der Waals surface area (Å²) in [4.78, 5) is 12.0. The smallest absolute Gasteiger partial charge is 0.240 e. The second kappa shape index (κ2) is 6.64. The minimum atomic E-state index is -0.703. The molecule has 1 unspecified atom stereocenters. The van der Waals surface area contributed by atoms with Crippen molar-refractivity contribution in [3.8, 4) is 0 Å². The molecule has 1 fully saturated rings. The lowest BCUT2D eigenvalue weighted by Crippen LogP contribution is -2.54. The summed E-state index contributed by atoms with van der Waals surface area (Å²) in [6.07, 6.45) is 8.47. The molecule has 1 aliphatic rings. The maximum atomic E-state index is 12.0. The van der Waals surface area contributed by atoms with Crippen molar-refractivity contribution in [1.29, 1.82) is 0 Å². The highest BCUT2D eigenvalue weighted by Crippen LogP contribution is 2.27. The number of nitrogens with two attached hydrogens (primary N) is 1. The van der Waals surface area contributed by atoms with Gasteiger partial charge in [0.15, 0.2) is 0 Å². The summed E-state index contributed by atoms with van der Waals surface area (Å²) in [7, 11) is 0. The molecule has 0 aliphatic heterocycles. The minimum Gasteiger partial charge on any atom is -0.352 e. The fraction of sp³-hybridized carbons (Fsp3) is 0.923. The molecule has 4 heteroatoms. The van der Waals surface area contributed by atoms with Crippen molar-refractivity contribution in [3.63, 3.8) is 0 Å². The summed E-state index contributed by atoms with van der Waals surface area (Å²) in [5, 5.41) is 3.90. The lowest BCUT2D eigenvalue weighted by atomic mass is 9.92. The number of hydrogen-bond donors (Lipinski definition) is 2. The standard InChI is InChI=1S/C13H26N2OS/c1-4-9-13(2,14)12(16)15-10-5-7-11(17-3)8-6-10/h10-11H,4-9,14H2,1-3H3,(H,15,16). The topological polar surface area (TPSA) is 55.1 Å². The van der Waals surface area contributed by atoms with Crippen LogP contribution in [0.25, 0.3) is 0 Å². The molecule has 0 spiro atoms. The van der Waals surface area contributed by atoms with E-state index in [1.54, 1.807) is 0 Å². The van der Waals surface area contributed by atoms with E-state index in [-0.39, 0.29) is 5.91 Å². The Morgan fingerprint density at radius 2 is 2.00 bits per heavy atom. The van der Waals surface area contributed by atoms with Crippen molar-refractivity contribution < 1.29 is 4.79 Å². The zero-order valence-corrected chi connectivity index (χ0v) is 12.1. The molecule has 1 amide bonds. The third-order valence-electron chi connectivity index (χ3n) is 3.63. The fourth-order valence-corrected chi connectivity index (χ4v) is 3.17. The van der Waals surface area contributed by atoms with Crippen LogP contribution in [0.15, 0.2) is 0 Å². The lowest BCUT2D eigenvalue weighted by Gasteiger charge is -2.31. The monoisotopic (exact) mass is 258 g/mol. The Hall–Kier alpha value is -0.220. The molecule has 100 valence electrons. The Kier molecular flexibility index (Phi) is 5.80. The van der Waals surface area contributed by atoms with Gasteiger partial charge in [-0.3, -0.25) is 4.79 Å². The van der Waals surface area contributed by atoms with Crippen molar-refractivity contribution in [2.24, 2.45) is 5.73 Å². The first-order valence-corrected chi connectivity index (χ1v) is 7.91. The first-order valence-electron chi connectivity index (χ1n) is 6.62. The first-order chi connectivity index (χ1) is 7.99. The predicted octanol–water partition coefficient (Wildman–Crippen LogP) is 2.29. The van der Waals surface area contributed by atoms with Crippen molar-refractivity contribution in [2.45, 2.75) is 69.2 Å². The zero-order chi connectivity index (χ0) is 12.9. The quantitative estimate of drug-likeness (QED) is 0.795. The van der Waals surface area contributed by atoms with Crippen molar-refractivity contribution in [1.82, 2.24) is 5.32 Å². The maximum absolute atomic E-state index is 12.0. The Morgan fingerprint density at radius 3 is 2.47 bits per heavy atom. The van der Waals surface area contributed by atoms with E-state index < -0.39 is 5.54 Å². The number of carbonyl (C=O) groups excluding carboxylic acids is 1. The molecule has 17 heavy (non-hydrogen) atoms. The summed E-state index contributed by atoms with van der Waals surface area (Å²) in [6.45, 7) is 3.89. The molecule has 0 radical (unpaired) electrons. The fourth-order valence-electron chi connectivity index (χ4n) is 2.43. The lowest BCUT2D eigenvalue weighted by molar-refractivity contribution is -0.127. The van der Waals surface area contributed by atoms with Gasteiger partial charge in [-0.2, -0.15) is 11.8 Å². The number of carbonyl (C=O) groups is 1. The number of hydrogen-bond acceptors (Lipinski definition) is 3. The molecule has 1 saturated carbocycles. The van der Waals surface area contributed by atoms with Gasteiger partial charge >= 0.3 is 0 Å². The van der Waals surface area contributed by atoms with Gasteiger partial charge in [-0.1, -0.05) is 13.3 Å². The molecular formula is C13H26N2OS. The van der Waals surface area contributed by atoms with Gasteiger partial charge < -0.3 is 11.1 Å². The summed E-state index contributed by atoms with van der Waals surface area (Å²) >= 11 is 1.94. The molecule has 0 aromatic heterocycles. The van der Waals surface area contributed by atoms with Gasteiger partial charge in [-0.15, -0.1) is 0 Å². The Balaban J connectivity index is 2.37. The van der Waals surface area contributed by atoms with Gasteiger partial charge in [0, 0.05) is 11.3 Å². The van der Waals surface area contributed by atoms with Crippen LogP contribution in [-0.4, -0.2) is 29.0 Å². The summed E-state index contributed by atoms with van der Waals surface area (Å²) in [5.41, 5.74) is 5.32. The average Bonchev–Trinajstić information content (AvgIpc) is 2.30. The molecule has 0 heterocycles. The van der Waals surface area contributed by atoms with E-state index in [0.29, 0.717) is 6.04 Å². The van der Waals surface area contributed by atoms with Gasteiger partial charge in [0.1, 0.15) is 0 Å². The van der Waals surface area contributed by atoms with Crippen molar-refractivity contribution in [3.05, 3.63) is 0 Å². The molecule has 0 aromatic rings. The predicted molar refractivity (Wildman–Crippen MR) is 75.2 cm³/mol. The molecule has 1 atom stereocenters. The molecular weight excluding hydrogens is 232 g/mol. The second-order valence-corrected chi connectivity index (χ2v) is 6.49. The molecule has 1 aliphatic carbocycles. The summed E-state index contributed by atoms with van der Waals surface area (Å²) < 4.78 is 0. The molecule has 0 saturated heterocycles. The first kappa shape index (κ1) is 14.8. The second-order valence-electron chi connectivity index (χ2n) is 5.35. The highest BCUT2D eigenvalue weighted by atomic mass is 32.2. The molecule has 1 rings (SSSR count). The minimum absolute atomic E-state index is 0.0203. The van der Waals surface area contributed by atoms with Crippen LogP contribution in [0.1, 0.15) is 52.4 Å². The molecule has 0 bridgehead atoms. The Bertz CT molecular complexity index is 248. The van der Waals surface area contributed by atoms with Crippen molar-refractivity contribution >= 4 is 17.7 Å². The third kappa shape index (κ3) is 4.51. The SMILES string of the molecule is CCCC(C)(N)C(=O)NC1CCC(SC)CC1. The van der Waals surface area contributed by atoms with E-state index >= 15 is 0 Å². The van der Waals surface area contributed by atoms with Crippen LogP contribution in [0.4, 0.5) is 0 Å². The number of nitrogens with one attached hydrogen (secondary N) is 1. The van der Waals surface area contributed by atoms with Crippen LogP contribution in [0, 0.1) is 0 Å². The van der Waals surface area contributed by atoms with Crippen LogP contribution in [0.5, 0.6) is 0 Å². The number of amides is 1. The highest BCUT2D eigenvalue weighted by molar-refractivity contribution is 7.99. The number of rotatable bonds is 5. The molecule has 0 aromatic carbocycles. The highest BCUT2D eigenvalue weighted by Gasteiger charge is 2.30. The Morgan fingerprint density at radius 1 is 1.41 bits per heavy atom. The van der Waals surface area contributed by atoms with Crippen LogP contribution in [0.2, 0.25) is 0 Å². The van der Waals surface area contributed by atoms with E-state index in [1.165, 1.54) is 12.8 Å². The van der Waals surface area contributed by atoms with E-state index in [9.17, 15) is 4.79 Å². The summed E-state index contributed by atoms with van der Waals surface area (Å²) in [5.74, 6) is 0.0203. The third-order valence-corrected chi connectivity index (χ3v) is 4.77. The van der Waals surface area contributed by atoms with Gasteiger partial charge in [-0.05, 0) is 45.3 Å². The normalized spacial score (nSPS) is 28.5. The molecule has 3 nitrogen and oxygen atoms in total. The van der Waals surface area contributed by atoms with Crippen molar-refractivity contribution in [2.75, 3.05) is 6.26 Å². The van der Waals surface area contributed by atoms with Gasteiger partial charge in [0.2, 0.25) is 5.91 Å². The van der Waals surface area contributed by atoms with Gasteiger partial charge in [0.05, 0.1) is 5.54 Å². The van der Waals surface area contributed by atoms with E-state index in [1.807, 2.05) is 18.7 Å². The maximum Gasteiger partial charge on any atom is 0.240 e. The van der Waals surface area contributed by atoms with E-state index in [0.717, 1.165) is 30.9 Å². The molecule has 3 N–H and O–H groups in total. The van der Waals surface area contributed by atoms with E-state index in [4.69, 9.17) is 5.73 Å². The Labute approximate surface area is 109 Å². The largest absolute Gasteiger partial charge is 0.352 e. The average molecular weight is 258 g/mol. The van der Waals surface area contributed by atoms with E-state index in [2.05, 4.69) is 18.5 Å². The van der Waals surface area contributed by atoms with Crippen LogP contribution >= 0.6 is 11.8 Å².